The quantitative estimate of drug-likeness (QED) is 0.453. The summed E-state index contributed by atoms with van der Waals surface area (Å²) in [6, 6.07) is 21.2. The molecule has 0 atom stereocenters. The first-order valence-electron chi connectivity index (χ1n) is 9.58. The minimum absolute atomic E-state index is 0.00790. The summed E-state index contributed by atoms with van der Waals surface area (Å²) in [5, 5.41) is 0. The van der Waals surface area contributed by atoms with Crippen LogP contribution in [0.15, 0.2) is 77.5 Å². The first kappa shape index (κ1) is 20.8. The van der Waals surface area contributed by atoms with Crippen LogP contribution >= 0.6 is 0 Å². The van der Waals surface area contributed by atoms with Crippen molar-refractivity contribution in [3.8, 4) is 11.8 Å². The molecule has 0 aliphatic rings. The van der Waals surface area contributed by atoms with Gasteiger partial charge in [0.15, 0.2) is 0 Å². The van der Waals surface area contributed by atoms with Gasteiger partial charge in [0.05, 0.1) is 6.54 Å². The Labute approximate surface area is 165 Å². The molecule has 0 radical (unpaired) electrons. The summed E-state index contributed by atoms with van der Waals surface area (Å²) in [6.07, 6.45) is 0. The van der Waals surface area contributed by atoms with Gasteiger partial charge in [-0.2, -0.15) is 0 Å². The second-order valence-electron chi connectivity index (χ2n) is 8.17. The van der Waals surface area contributed by atoms with Crippen LogP contribution in [0.25, 0.3) is 0 Å². The van der Waals surface area contributed by atoms with E-state index in [-0.39, 0.29) is 5.41 Å². The average Bonchev–Trinajstić information content (AvgIpc) is 2.61. The lowest BCUT2D eigenvalue weighted by atomic mass is 9.87. The number of hydrogen-bond acceptors (Lipinski definition) is 1. The predicted octanol–water partition coefficient (Wildman–Crippen LogP) is 6.23. The fraction of sp³-hybridized carbons (Fsp3) is 0.346. The Balaban J connectivity index is 2.20. The first-order chi connectivity index (χ1) is 12.8. The van der Waals surface area contributed by atoms with Crippen LogP contribution in [-0.4, -0.2) is 11.4 Å². The van der Waals surface area contributed by atoms with Crippen molar-refractivity contribution < 1.29 is 0 Å². The molecule has 0 aliphatic heterocycles. The van der Waals surface area contributed by atoms with E-state index in [1.165, 1.54) is 16.7 Å². The zero-order valence-electron chi connectivity index (χ0n) is 17.3. The van der Waals surface area contributed by atoms with Crippen LogP contribution < -0.4 is 0 Å². The summed E-state index contributed by atoms with van der Waals surface area (Å²) < 4.78 is 0. The van der Waals surface area contributed by atoms with Crippen LogP contribution in [0.5, 0.6) is 0 Å². The number of nitrogens with zero attached hydrogens (tertiary/aromatic N) is 1. The van der Waals surface area contributed by atoms with Gasteiger partial charge in [0, 0.05) is 24.1 Å². The number of hydrogen-bond donors (Lipinski definition) is 0. The lowest BCUT2D eigenvalue weighted by Crippen LogP contribution is -2.23. The molecule has 1 heteroatoms. The Hall–Kier alpha value is -2.52. The number of rotatable bonds is 5. The van der Waals surface area contributed by atoms with E-state index in [0.717, 1.165) is 25.2 Å². The van der Waals surface area contributed by atoms with Gasteiger partial charge in [-0.1, -0.05) is 93.3 Å². The zero-order chi connectivity index (χ0) is 19.7. The third-order valence-electron chi connectivity index (χ3n) is 4.14. The van der Waals surface area contributed by atoms with Crippen LogP contribution in [0.2, 0.25) is 0 Å². The molecule has 0 saturated carbocycles. The molecule has 0 unspecified atom stereocenters. The van der Waals surface area contributed by atoms with E-state index in [9.17, 15) is 0 Å². The van der Waals surface area contributed by atoms with Gasteiger partial charge in [0.25, 0.3) is 0 Å². The Bertz CT molecular complexity index is 790. The molecule has 0 aliphatic carbocycles. The van der Waals surface area contributed by atoms with Gasteiger partial charge in [0.1, 0.15) is 0 Å². The molecule has 0 amide bonds. The van der Waals surface area contributed by atoms with Crippen LogP contribution in [0, 0.1) is 17.3 Å². The summed E-state index contributed by atoms with van der Waals surface area (Å²) >= 11 is 0. The molecule has 0 bridgehead atoms. The molecule has 0 aromatic heterocycles. The molecule has 2 aromatic rings. The van der Waals surface area contributed by atoms with Crippen molar-refractivity contribution in [2.24, 2.45) is 5.41 Å². The normalized spacial score (nSPS) is 10.7. The molecule has 0 heterocycles. The Kier molecular flexibility index (Phi) is 7.68. The minimum Gasteiger partial charge on any atom is -0.284 e. The maximum absolute atomic E-state index is 3.43. The number of benzene rings is 2. The lowest BCUT2D eigenvalue weighted by molar-refractivity contribution is 0.290. The molecule has 140 valence electrons. The van der Waals surface area contributed by atoms with Crippen molar-refractivity contribution in [1.29, 1.82) is 0 Å². The van der Waals surface area contributed by atoms with Crippen molar-refractivity contribution >= 4 is 0 Å². The fourth-order valence-corrected chi connectivity index (χ4v) is 2.75. The van der Waals surface area contributed by atoms with Crippen LogP contribution in [0.1, 0.15) is 45.7 Å². The Morgan fingerprint density at radius 2 is 1.30 bits per heavy atom. The molecule has 0 spiro atoms. The largest absolute Gasteiger partial charge is 0.284 e. The molecule has 0 N–H and O–H groups in total. The first-order valence-corrected chi connectivity index (χ1v) is 9.58. The van der Waals surface area contributed by atoms with Gasteiger partial charge in [0.2, 0.25) is 0 Å². The van der Waals surface area contributed by atoms with E-state index in [4.69, 9.17) is 0 Å². The van der Waals surface area contributed by atoms with Crippen molar-refractivity contribution in [2.75, 3.05) is 6.54 Å². The molecular weight excluding hydrogens is 326 g/mol. The average molecular weight is 358 g/mol. The monoisotopic (exact) mass is 357 g/mol. The Morgan fingerprint density at radius 1 is 0.815 bits per heavy atom. The summed E-state index contributed by atoms with van der Waals surface area (Å²) in [4.78, 5) is 2.39. The van der Waals surface area contributed by atoms with Crippen molar-refractivity contribution in [1.82, 2.24) is 4.90 Å². The van der Waals surface area contributed by atoms with Gasteiger partial charge >= 0.3 is 0 Å². The van der Waals surface area contributed by atoms with E-state index >= 15 is 0 Å². The van der Waals surface area contributed by atoms with E-state index in [2.05, 4.69) is 118 Å². The molecular formula is C26H31N. The Morgan fingerprint density at radius 3 is 1.70 bits per heavy atom. The van der Waals surface area contributed by atoms with Gasteiger partial charge in [-0.15, -0.1) is 5.73 Å². The van der Waals surface area contributed by atoms with Crippen LogP contribution in [0.4, 0.5) is 0 Å². The van der Waals surface area contributed by atoms with Gasteiger partial charge in [-0.3, -0.25) is 4.90 Å². The molecule has 0 fully saturated rings. The highest BCUT2D eigenvalue weighted by Crippen LogP contribution is 2.23. The highest BCUT2D eigenvalue weighted by Gasteiger charge is 2.15. The van der Waals surface area contributed by atoms with Crippen molar-refractivity contribution in [2.45, 2.75) is 47.7 Å². The van der Waals surface area contributed by atoms with Crippen LogP contribution in [-0.2, 0) is 13.1 Å². The minimum atomic E-state index is 0.00790. The predicted molar refractivity (Wildman–Crippen MR) is 116 cm³/mol. The second-order valence-corrected chi connectivity index (χ2v) is 8.17. The third-order valence-corrected chi connectivity index (χ3v) is 4.14. The van der Waals surface area contributed by atoms with E-state index < -0.39 is 0 Å². The van der Waals surface area contributed by atoms with E-state index in [1.54, 1.807) is 0 Å². The second kappa shape index (κ2) is 9.98. The molecule has 2 rings (SSSR count). The highest BCUT2D eigenvalue weighted by molar-refractivity contribution is 5.34. The lowest BCUT2D eigenvalue weighted by Gasteiger charge is -2.20. The molecule has 0 saturated heterocycles. The number of allylic oxidation sites excluding steroid dienone is 1. The summed E-state index contributed by atoms with van der Waals surface area (Å²) in [5.74, 6) is 6.79. The highest BCUT2D eigenvalue weighted by atomic mass is 15.1. The molecule has 1 nitrogen and oxygen atoms in total. The summed E-state index contributed by atoms with van der Waals surface area (Å²) in [7, 11) is 0. The SMILES string of the molecule is CC(C)=C=C(C#CCN(Cc1ccccc1)Cc1ccccc1)C(C)(C)C. The fourth-order valence-electron chi connectivity index (χ4n) is 2.75. The molecule has 2 aromatic carbocycles. The maximum Gasteiger partial charge on any atom is 0.0611 e. The zero-order valence-corrected chi connectivity index (χ0v) is 17.3. The van der Waals surface area contributed by atoms with E-state index in [0.29, 0.717) is 0 Å². The van der Waals surface area contributed by atoms with Crippen LogP contribution in [0.3, 0.4) is 0 Å². The molecule has 27 heavy (non-hydrogen) atoms. The summed E-state index contributed by atoms with van der Waals surface area (Å²) in [5.41, 5.74) is 8.30. The summed E-state index contributed by atoms with van der Waals surface area (Å²) in [6.45, 7) is 13.2. The maximum atomic E-state index is 3.43. The van der Waals surface area contributed by atoms with Crippen molar-refractivity contribution in [3.05, 3.63) is 88.7 Å². The van der Waals surface area contributed by atoms with Gasteiger partial charge in [-0.05, 0) is 30.5 Å². The smallest absolute Gasteiger partial charge is 0.0611 e. The topological polar surface area (TPSA) is 3.24 Å². The standard InChI is InChI=1S/C26H31N/c1-22(2)19-25(26(3,4)5)17-12-18-27(20-23-13-8-6-9-14-23)21-24-15-10-7-11-16-24/h6-11,13-16H,18,20-21H2,1-5H3. The third kappa shape index (κ3) is 7.71. The van der Waals surface area contributed by atoms with E-state index in [1.807, 2.05) is 0 Å². The van der Waals surface area contributed by atoms with Gasteiger partial charge < -0.3 is 0 Å². The van der Waals surface area contributed by atoms with Crippen molar-refractivity contribution in [3.63, 3.8) is 0 Å². The van der Waals surface area contributed by atoms with Gasteiger partial charge in [-0.25, -0.2) is 0 Å².